The first-order valence-electron chi connectivity index (χ1n) is 3.05. The van der Waals surface area contributed by atoms with Crippen molar-refractivity contribution in [2.45, 2.75) is 6.18 Å². The molecule has 3 N–H and O–H groups in total. The molecule has 13 heavy (non-hydrogen) atoms. The van der Waals surface area contributed by atoms with E-state index in [1.54, 1.807) is 0 Å². The van der Waals surface area contributed by atoms with Crippen LogP contribution in [-0.4, -0.2) is 15.2 Å². The lowest BCUT2D eigenvalue weighted by atomic mass is 10.2. The van der Waals surface area contributed by atoms with Crippen LogP contribution in [0.3, 0.4) is 0 Å². The van der Waals surface area contributed by atoms with Crippen LogP contribution in [-0.2, 0) is 6.18 Å². The molecule has 4 nitrogen and oxygen atoms in total. The molecule has 0 saturated carbocycles. The molecular formula is C6H4F3NO3. The predicted molar refractivity (Wildman–Crippen MR) is 35.4 cm³/mol. The van der Waals surface area contributed by atoms with Gasteiger partial charge in [-0.3, -0.25) is 9.78 Å². The van der Waals surface area contributed by atoms with Gasteiger partial charge in [-0.05, 0) is 0 Å². The number of alkyl halides is 3. The second kappa shape index (κ2) is 2.68. The number of aromatic nitrogens is 1. The molecule has 7 heteroatoms. The summed E-state index contributed by atoms with van der Waals surface area (Å²) in [6.07, 6.45) is -4.81. The number of rotatable bonds is 0. The molecule has 0 aliphatic carbocycles. The summed E-state index contributed by atoms with van der Waals surface area (Å²) in [6, 6.07) is 0.161. The van der Waals surface area contributed by atoms with Crippen molar-refractivity contribution in [3.05, 3.63) is 22.0 Å². The van der Waals surface area contributed by atoms with Crippen molar-refractivity contribution >= 4 is 0 Å². The zero-order valence-corrected chi connectivity index (χ0v) is 6.01. The summed E-state index contributed by atoms with van der Waals surface area (Å²) in [5.41, 5.74) is -2.66. The minimum Gasteiger partial charge on any atom is -0.503 e. The van der Waals surface area contributed by atoms with Crippen LogP contribution in [0.5, 0.6) is 11.6 Å². The van der Waals surface area contributed by atoms with Crippen LogP contribution in [0.4, 0.5) is 13.2 Å². The highest BCUT2D eigenvalue weighted by atomic mass is 19.4. The molecular weight excluding hydrogens is 191 g/mol. The van der Waals surface area contributed by atoms with E-state index in [1.165, 1.54) is 4.98 Å². The third-order valence-electron chi connectivity index (χ3n) is 1.31. The summed E-state index contributed by atoms with van der Waals surface area (Å²) >= 11 is 0. The SMILES string of the molecule is O=c1[nH]c(O)c(C(F)(F)F)cc1O. The van der Waals surface area contributed by atoms with Crippen LogP contribution < -0.4 is 5.56 Å². The Labute approximate surface area is 69.3 Å². The highest BCUT2D eigenvalue weighted by Crippen LogP contribution is 2.34. The lowest BCUT2D eigenvalue weighted by molar-refractivity contribution is -0.139. The minimum absolute atomic E-state index is 0.161. The Morgan fingerprint density at radius 2 is 1.85 bits per heavy atom. The van der Waals surface area contributed by atoms with Gasteiger partial charge in [-0.1, -0.05) is 0 Å². The molecule has 0 aromatic carbocycles. The summed E-state index contributed by atoms with van der Waals surface area (Å²) < 4.78 is 35.9. The largest absolute Gasteiger partial charge is 0.503 e. The molecule has 72 valence electrons. The zero-order valence-electron chi connectivity index (χ0n) is 6.01. The molecule has 0 aliphatic heterocycles. The van der Waals surface area contributed by atoms with Gasteiger partial charge in [0.05, 0.1) is 0 Å². The fraction of sp³-hybridized carbons (Fsp3) is 0.167. The van der Waals surface area contributed by atoms with E-state index in [4.69, 9.17) is 10.2 Å². The molecule has 0 amide bonds. The van der Waals surface area contributed by atoms with E-state index in [0.29, 0.717) is 0 Å². The highest BCUT2D eigenvalue weighted by Gasteiger charge is 2.35. The second-order valence-corrected chi connectivity index (χ2v) is 2.24. The third-order valence-corrected chi connectivity index (χ3v) is 1.31. The van der Waals surface area contributed by atoms with Crippen molar-refractivity contribution in [3.63, 3.8) is 0 Å². The number of aromatic hydroxyl groups is 2. The molecule has 0 unspecified atom stereocenters. The molecule has 0 aliphatic rings. The number of hydrogen-bond donors (Lipinski definition) is 3. The molecule has 0 bridgehead atoms. The van der Waals surface area contributed by atoms with Crippen molar-refractivity contribution in [1.29, 1.82) is 0 Å². The van der Waals surface area contributed by atoms with Crippen LogP contribution in [0.1, 0.15) is 5.56 Å². The van der Waals surface area contributed by atoms with Crippen LogP contribution >= 0.6 is 0 Å². The van der Waals surface area contributed by atoms with E-state index >= 15 is 0 Å². The predicted octanol–water partition coefficient (Wildman–Crippen LogP) is 0.805. The number of halogens is 3. The van der Waals surface area contributed by atoms with Gasteiger partial charge in [0.1, 0.15) is 5.56 Å². The maximum absolute atomic E-state index is 12.0. The second-order valence-electron chi connectivity index (χ2n) is 2.24. The Hall–Kier alpha value is -1.66. The Balaban J connectivity index is 3.41. The molecule has 1 aromatic rings. The Morgan fingerprint density at radius 3 is 2.31 bits per heavy atom. The van der Waals surface area contributed by atoms with Crippen LogP contribution in [0.2, 0.25) is 0 Å². The third kappa shape index (κ3) is 1.74. The van der Waals surface area contributed by atoms with E-state index in [-0.39, 0.29) is 6.07 Å². The van der Waals surface area contributed by atoms with E-state index in [9.17, 15) is 18.0 Å². The Kier molecular flexibility index (Phi) is 1.94. The average molecular weight is 195 g/mol. The first-order valence-corrected chi connectivity index (χ1v) is 3.05. The van der Waals surface area contributed by atoms with Crippen LogP contribution in [0.25, 0.3) is 0 Å². The van der Waals surface area contributed by atoms with E-state index < -0.39 is 28.9 Å². The molecule has 0 atom stereocenters. The zero-order chi connectivity index (χ0) is 10.2. The van der Waals surface area contributed by atoms with E-state index in [2.05, 4.69) is 0 Å². The van der Waals surface area contributed by atoms with Crippen LogP contribution in [0.15, 0.2) is 10.9 Å². The molecule has 0 spiro atoms. The summed E-state index contributed by atoms with van der Waals surface area (Å²) in [5.74, 6) is -2.40. The number of H-pyrrole nitrogens is 1. The summed E-state index contributed by atoms with van der Waals surface area (Å²) in [4.78, 5) is 11.9. The number of hydrogen-bond acceptors (Lipinski definition) is 3. The summed E-state index contributed by atoms with van der Waals surface area (Å²) in [5, 5.41) is 17.3. The number of pyridine rings is 1. The topological polar surface area (TPSA) is 73.3 Å². The van der Waals surface area contributed by atoms with Gasteiger partial charge >= 0.3 is 6.18 Å². The van der Waals surface area contributed by atoms with Crippen molar-refractivity contribution < 1.29 is 23.4 Å². The lowest BCUT2D eigenvalue weighted by Gasteiger charge is -2.07. The molecule has 0 saturated heterocycles. The Bertz CT molecular complexity index is 382. The highest BCUT2D eigenvalue weighted by molar-refractivity contribution is 5.33. The average Bonchev–Trinajstić information content (AvgIpc) is 1.94. The molecule has 0 radical (unpaired) electrons. The fourth-order valence-corrected chi connectivity index (χ4v) is 0.726. The van der Waals surface area contributed by atoms with Crippen molar-refractivity contribution in [1.82, 2.24) is 4.98 Å². The molecule has 1 rings (SSSR count). The number of aromatic amines is 1. The standard InChI is InChI=1S/C6H4F3NO3/c7-6(8,9)2-1-3(11)5(13)10-4(2)12/h1,11H,(H2,10,12,13). The first kappa shape index (κ1) is 9.43. The van der Waals surface area contributed by atoms with E-state index in [0.717, 1.165) is 0 Å². The lowest BCUT2D eigenvalue weighted by Crippen LogP contribution is -2.12. The van der Waals surface area contributed by atoms with Gasteiger partial charge in [0.15, 0.2) is 5.75 Å². The Morgan fingerprint density at radius 1 is 1.31 bits per heavy atom. The first-order chi connectivity index (χ1) is 5.82. The quantitative estimate of drug-likeness (QED) is 0.573. The van der Waals surface area contributed by atoms with Gasteiger partial charge in [-0.25, -0.2) is 0 Å². The van der Waals surface area contributed by atoms with Gasteiger partial charge in [-0.2, -0.15) is 13.2 Å². The monoisotopic (exact) mass is 195 g/mol. The van der Waals surface area contributed by atoms with E-state index in [1.807, 2.05) is 0 Å². The van der Waals surface area contributed by atoms with Gasteiger partial charge in [-0.15, -0.1) is 0 Å². The summed E-state index contributed by atoms with van der Waals surface area (Å²) in [7, 11) is 0. The van der Waals surface area contributed by atoms with Crippen molar-refractivity contribution in [3.8, 4) is 11.6 Å². The maximum atomic E-state index is 12.0. The summed E-state index contributed by atoms with van der Waals surface area (Å²) in [6.45, 7) is 0. The normalized spacial score (nSPS) is 11.6. The smallest absolute Gasteiger partial charge is 0.421 e. The molecule has 0 fully saturated rings. The number of nitrogens with one attached hydrogen (secondary N) is 1. The van der Waals surface area contributed by atoms with Crippen molar-refractivity contribution in [2.75, 3.05) is 0 Å². The molecule has 1 heterocycles. The van der Waals surface area contributed by atoms with Gasteiger partial charge in [0, 0.05) is 6.07 Å². The fourth-order valence-electron chi connectivity index (χ4n) is 0.726. The van der Waals surface area contributed by atoms with Crippen LogP contribution in [0, 0.1) is 0 Å². The molecule has 1 aromatic heterocycles. The van der Waals surface area contributed by atoms with Gasteiger partial charge in [0.25, 0.3) is 5.56 Å². The van der Waals surface area contributed by atoms with Gasteiger partial charge < -0.3 is 10.2 Å². The minimum atomic E-state index is -4.81. The van der Waals surface area contributed by atoms with Crippen molar-refractivity contribution in [2.24, 2.45) is 0 Å². The van der Waals surface area contributed by atoms with Gasteiger partial charge in [0.2, 0.25) is 5.88 Å². The maximum Gasteiger partial charge on any atom is 0.421 e.